The standard InChI is InChI=1S/C18H22N2O2/c1-2-20(13-14-9-5-3-6-10-14)18(21)17-15-11-7-4-8-12-16(15)22-19-17/h3,5-6,9-10H,2,4,7-8,11-13H2,1H3. The first-order valence-electron chi connectivity index (χ1n) is 8.10. The van der Waals surface area contributed by atoms with Crippen molar-refractivity contribution in [3.8, 4) is 0 Å². The fourth-order valence-corrected chi connectivity index (χ4v) is 3.01. The van der Waals surface area contributed by atoms with Gasteiger partial charge >= 0.3 is 0 Å². The predicted octanol–water partition coefficient (Wildman–Crippen LogP) is 3.61. The Hall–Kier alpha value is -2.10. The smallest absolute Gasteiger partial charge is 0.276 e. The summed E-state index contributed by atoms with van der Waals surface area (Å²) in [7, 11) is 0. The molecule has 0 atom stereocenters. The van der Waals surface area contributed by atoms with Gasteiger partial charge in [-0.25, -0.2) is 0 Å². The van der Waals surface area contributed by atoms with Gasteiger partial charge in [0.15, 0.2) is 5.69 Å². The molecule has 0 radical (unpaired) electrons. The molecule has 0 saturated carbocycles. The lowest BCUT2D eigenvalue weighted by Crippen LogP contribution is -2.31. The fraction of sp³-hybridized carbons (Fsp3) is 0.444. The first-order chi connectivity index (χ1) is 10.8. The van der Waals surface area contributed by atoms with Gasteiger partial charge in [-0.05, 0) is 31.7 Å². The maximum absolute atomic E-state index is 12.8. The Morgan fingerprint density at radius 1 is 1.18 bits per heavy atom. The minimum Gasteiger partial charge on any atom is -0.360 e. The van der Waals surface area contributed by atoms with E-state index in [-0.39, 0.29) is 5.91 Å². The third-order valence-corrected chi connectivity index (χ3v) is 4.29. The van der Waals surface area contributed by atoms with E-state index in [0.717, 1.165) is 42.6 Å². The topological polar surface area (TPSA) is 46.3 Å². The summed E-state index contributed by atoms with van der Waals surface area (Å²) in [6, 6.07) is 10.1. The molecule has 2 aromatic rings. The lowest BCUT2D eigenvalue weighted by molar-refractivity contribution is 0.0741. The van der Waals surface area contributed by atoms with E-state index < -0.39 is 0 Å². The summed E-state index contributed by atoms with van der Waals surface area (Å²) in [6.07, 6.45) is 5.24. The Bertz CT molecular complexity index is 634. The minimum atomic E-state index is -0.0155. The highest BCUT2D eigenvalue weighted by Gasteiger charge is 2.26. The van der Waals surface area contributed by atoms with Gasteiger partial charge in [0.25, 0.3) is 5.91 Å². The van der Waals surface area contributed by atoms with Gasteiger partial charge in [0.1, 0.15) is 5.76 Å². The van der Waals surface area contributed by atoms with Crippen molar-refractivity contribution >= 4 is 5.91 Å². The number of nitrogens with zero attached hydrogens (tertiary/aromatic N) is 2. The van der Waals surface area contributed by atoms with Crippen molar-refractivity contribution in [2.75, 3.05) is 6.54 Å². The number of fused-ring (bicyclic) bond motifs is 1. The second kappa shape index (κ2) is 6.77. The number of hydrogen-bond acceptors (Lipinski definition) is 3. The van der Waals surface area contributed by atoms with E-state index in [1.165, 1.54) is 6.42 Å². The molecule has 116 valence electrons. The zero-order chi connectivity index (χ0) is 15.4. The third kappa shape index (κ3) is 3.06. The van der Waals surface area contributed by atoms with E-state index in [2.05, 4.69) is 5.16 Å². The van der Waals surface area contributed by atoms with Gasteiger partial charge in [0.2, 0.25) is 0 Å². The van der Waals surface area contributed by atoms with E-state index >= 15 is 0 Å². The summed E-state index contributed by atoms with van der Waals surface area (Å²) in [4.78, 5) is 14.7. The molecule has 4 heteroatoms. The molecule has 1 amide bonds. The van der Waals surface area contributed by atoms with Gasteiger partial charge in [0.05, 0.1) is 0 Å². The van der Waals surface area contributed by atoms with Crippen molar-refractivity contribution in [3.05, 3.63) is 52.9 Å². The summed E-state index contributed by atoms with van der Waals surface area (Å²) in [6.45, 7) is 3.27. The molecule has 0 aliphatic heterocycles. The molecule has 1 aliphatic rings. The molecule has 1 aromatic carbocycles. The van der Waals surface area contributed by atoms with Crippen LogP contribution in [0.5, 0.6) is 0 Å². The molecule has 0 spiro atoms. The number of benzene rings is 1. The van der Waals surface area contributed by atoms with Gasteiger partial charge in [-0.15, -0.1) is 0 Å². The Balaban J connectivity index is 1.81. The van der Waals surface area contributed by atoms with Crippen LogP contribution in [-0.2, 0) is 19.4 Å². The van der Waals surface area contributed by atoms with Crippen LogP contribution < -0.4 is 0 Å². The largest absolute Gasteiger partial charge is 0.360 e. The lowest BCUT2D eigenvalue weighted by atomic mass is 10.1. The normalized spacial score (nSPS) is 14.2. The summed E-state index contributed by atoms with van der Waals surface area (Å²) in [5.41, 5.74) is 2.69. The highest BCUT2D eigenvalue weighted by molar-refractivity contribution is 5.93. The molecule has 1 aromatic heterocycles. The molecular weight excluding hydrogens is 276 g/mol. The summed E-state index contributed by atoms with van der Waals surface area (Å²) >= 11 is 0. The number of rotatable bonds is 4. The Morgan fingerprint density at radius 3 is 2.73 bits per heavy atom. The SMILES string of the molecule is CCN(Cc1ccccc1)C(=O)c1noc2c1CCCCC2. The molecule has 0 N–H and O–H groups in total. The van der Waals surface area contributed by atoms with Crippen molar-refractivity contribution in [1.29, 1.82) is 0 Å². The molecule has 0 saturated heterocycles. The van der Waals surface area contributed by atoms with Gasteiger partial charge in [-0.3, -0.25) is 4.79 Å². The van der Waals surface area contributed by atoms with Crippen LogP contribution in [0.15, 0.2) is 34.9 Å². The molecule has 4 nitrogen and oxygen atoms in total. The van der Waals surface area contributed by atoms with E-state index in [9.17, 15) is 4.79 Å². The summed E-state index contributed by atoms with van der Waals surface area (Å²) in [5, 5.41) is 4.08. The van der Waals surface area contributed by atoms with Crippen LogP contribution in [0.25, 0.3) is 0 Å². The van der Waals surface area contributed by atoms with E-state index in [1.807, 2.05) is 42.2 Å². The molecule has 0 unspecified atom stereocenters. The van der Waals surface area contributed by atoms with Crippen LogP contribution in [0.3, 0.4) is 0 Å². The van der Waals surface area contributed by atoms with Gasteiger partial charge in [-0.1, -0.05) is 41.9 Å². The number of carbonyl (C=O) groups excluding carboxylic acids is 1. The number of hydrogen-bond donors (Lipinski definition) is 0. The van der Waals surface area contributed by atoms with Crippen LogP contribution in [0, 0.1) is 0 Å². The fourth-order valence-electron chi connectivity index (χ4n) is 3.01. The van der Waals surface area contributed by atoms with E-state index in [1.54, 1.807) is 0 Å². The Morgan fingerprint density at radius 2 is 1.95 bits per heavy atom. The first-order valence-corrected chi connectivity index (χ1v) is 8.10. The monoisotopic (exact) mass is 298 g/mol. The van der Waals surface area contributed by atoms with Gasteiger partial charge in [-0.2, -0.15) is 0 Å². The Labute approximate surface area is 131 Å². The van der Waals surface area contributed by atoms with Crippen molar-refractivity contribution in [2.24, 2.45) is 0 Å². The number of amides is 1. The second-order valence-corrected chi connectivity index (χ2v) is 5.80. The Kier molecular flexibility index (Phi) is 4.56. The molecule has 1 heterocycles. The van der Waals surface area contributed by atoms with Crippen LogP contribution in [-0.4, -0.2) is 22.5 Å². The van der Waals surface area contributed by atoms with E-state index in [4.69, 9.17) is 4.52 Å². The lowest BCUT2D eigenvalue weighted by Gasteiger charge is -2.20. The van der Waals surface area contributed by atoms with Crippen molar-refractivity contribution < 1.29 is 9.32 Å². The average molecular weight is 298 g/mol. The van der Waals surface area contributed by atoms with Gasteiger partial charge in [0, 0.05) is 25.1 Å². The molecule has 22 heavy (non-hydrogen) atoms. The van der Waals surface area contributed by atoms with E-state index in [0.29, 0.717) is 18.8 Å². The number of aryl methyl sites for hydroxylation is 1. The summed E-state index contributed by atoms with van der Waals surface area (Å²) < 4.78 is 5.44. The van der Waals surface area contributed by atoms with Gasteiger partial charge < -0.3 is 9.42 Å². The molecule has 1 aliphatic carbocycles. The number of carbonyl (C=O) groups is 1. The third-order valence-electron chi connectivity index (χ3n) is 4.29. The quantitative estimate of drug-likeness (QED) is 0.810. The average Bonchev–Trinajstić information content (AvgIpc) is 2.81. The molecule has 0 bridgehead atoms. The van der Waals surface area contributed by atoms with Crippen molar-refractivity contribution in [1.82, 2.24) is 10.1 Å². The maximum Gasteiger partial charge on any atom is 0.276 e. The zero-order valence-corrected chi connectivity index (χ0v) is 13.0. The van der Waals surface area contributed by atoms with Crippen LogP contribution in [0.4, 0.5) is 0 Å². The van der Waals surface area contributed by atoms with Crippen LogP contribution in [0.2, 0.25) is 0 Å². The number of aromatic nitrogens is 1. The summed E-state index contributed by atoms with van der Waals surface area (Å²) in [5.74, 6) is 0.898. The van der Waals surface area contributed by atoms with Crippen LogP contribution >= 0.6 is 0 Å². The highest BCUT2D eigenvalue weighted by atomic mass is 16.5. The van der Waals surface area contributed by atoms with Crippen molar-refractivity contribution in [2.45, 2.75) is 45.6 Å². The molecule has 3 rings (SSSR count). The minimum absolute atomic E-state index is 0.0155. The van der Waals surface area contributed by atoms with Crippen molar-refractivity contribution in [3.63, 3.8) is 0 Å². The maximum atomic E-state index is 12.8. The van der Waals surface area contributed by atoms with Crippen LogP contribution in [0.1, 0.15) is 53.6 Å². The highest BCUT2D eigenvalue weighted by Crippen LogP contribution is 2.24. The first kappa shape index (κ1) is 14.8. The molecular formula is C18H22N2O2. The predicted molar refractivity (Wildman–Crippen MR) is 84.6 cm³/mol. The second-order valence-electron chi connectivity index (χ2n) is 5.80. The molecule has 0 fully saturated rings. The zero-order valence-electron chi connectivity index (χ0n) is 13.0.